The quantitative estimate of drug-likeness (QED) is 0.354. The predicted octanol–water partition coefficient (Wildman–Crippen LogP) is 3.72. The first-order valence-electron chi connectivity index (χ1n) is 9.01. The number of nitrogens with zero attached hydrogens (tertiary/aromatic N) is 5. The molecule has 0 radical (unpaired) electrons. The summed E-state index contributed by atoms with van der Waals surface area (Å²) in [5.74, 6) is 5.69. The van der Waals surface area contributed by atoms with Gasteiger partial charge in [-0.25, -0.2) is 14.7 Å². The van der Waals surface area contributed by atoms with Gasteiger partial charge in [-0.15, -0.1) is 5.92 Å². The largest absolute Gasteiger partial charge is 0.465 e. The smallest absolute Gasteiger partial charge is 0.413 e. The van der Waals surface area contributed by atoms with Crippen molar-refractivity contribution in [1.82, 2.24) is 13.7 Å². The molecule has 8 nitrogen and oxygen atoms in total. The summed E-state index contributed by atoms with van der Waals surface area (Å²) in [6.45, 7) is 3.62. The van der Waals surface area contributed by atoms with Gasteiger partial charge in [0.1, 0.15) is 17.2 Å². The van der Waals surface area contributed by atoms with Crippen molar-refractivity contribution in [1.29, 1.82) is 0 Å². The molecule has 0 fully saturated rings. The molecule has 0 spiro atoms. The minimum Gasteiger partial charge on any atom is -0.465 e. The summed E-state index contributed by atoms with van der Waals surface area (Å²) < 4.78 is 8.53. The molecule has 2 heterocycles. The van der Waals surface area contributed by atoms with E-state index >= 15 is 0 Å². The predicted molar refractivity (Wildman–Crippen MR) is 115 cm³/mol. The first kappa shape index (κ1) is 21.0. The molecule has 0 saturated heterocycles. The number of aromatic nitrogens is 3. The highest BCUT2D eigenvalue weighted by Crippen LogP contribution is 2.15. The number of oxime groups is 1. The van der Waals surface area contributed by atoms with E-state index in [-0.39, 0.29) is 19.0 Å². The number of pyridine rings is 1. The van der Waals surface area contributed by atoms with E-state index < -0.39 is 6.09 Å². The van der Waals surface area contributed by atoms with E-state index in [1.807, 2.05) is 37.3 Å². The number of aryl methyl sites for hydroxylation is 1. The third-order valence-electron chi connectivity index (χ3n) is 4.01. The molecule has 30 heavy (non-hydrogen) atoms. The zero-order valence-corrected chi connectivity index (χ0v) is 17.3. The lowest BCUT2D eigenvalue weighted by atomic mass is 10.1. The summed E-state index contributed by atoms with van der Waals surface area (Å²) in [6.07, 6.45) is -1.13. The van der Waals surface area contributed by atoms with Gasteiger partial charge in [0.25, 0.3) is 0 Å². The highest BCUT2D eigenvalue weighted by atomic mass is 32.1. The number of rotatable bonds is 7. The summed E-state index contributed by atoms with van der Waals surface area (Å²) in [4.78, 5) is 22.5. The second-order valence-electron chi connectivity index (χ2n) is 6.06. The normalized spacial score (nSPS) is 10.8. The zero-order chi connectivity index (χ0) is 21.3. The summed E-state index contributed by atoms with van der Waals surface area (Å²) in [5.41, 5.74) is 3.38. The van der Waals surface area contributed by atoms with Gasteiger partial charge in [0.2, 0.25) is 0 Å². The van der Waals surface area contributed by atoms with Crippen LogP contribution in [0.2, 0.25) is 0 Å². The maximum Gasteiger partial charge on any atom is 0.413 e. The summed E-state index contributed by atoms with van der Waals surface area (Å²) in [7, 11) is 0. The van der Waals surface area contributed by atoms with Crippen LogP contribution >= 0.6 is 11.7 Å². The van der Waals surface area contributed by atoms with Crippen molar-refractivity contribution in [2.75, 3.05) is 11.4 Å². The molecule has 1 aromatic carbocycles. The van der Waals surface area contributed by atoms with Crippen LogP contribution in [0, 0.1) is 18.8 Å². The molecule has 0 aliphatic carbocycles. The molecule has 9 heteroatoms. The van der Waals surface area contributed by atoms with Crippen molar-refractivity contribution < 1.29 is 14.7 Å². The Morgan fingerprint density at radius 1 is 1.20 bits per heavy atom. The Hall–Kier alpha value is -3.77. The average molecular weight is 421 g/mol. The number of benzene rings is 1. The maximum atomic E-state index is 11.5. The molecule has 0 unspecified atom stereocenters. The lowest BCUT2D eigenvalue weighted by Crippen LogP contribution is -2.30. The summed E-state index contributed by atoms with van der Waals surface area (Å²) in [6, 6.07) is 14.6. The first-order valence-corrected chi connectivity index (χ1v) is 9.74. The summed E-state index contributed by atoms with van der Waals surface area (Å²) >= 11 is 1.11. The van der Waals surface area contributed by atoms with E-state index in [1.165, 1.54) is 0 Å². The number of amides is 1. The van der Waals surface area contributed by atoms with Gasteiger partial charge in [0, 0.05) is 5.56 Å². The van der Waals surface area contributed by atoms with Gasteiger partial charge in [-0.2, -0.15) is 8.75 Å². The lowest BCUT2D eigenvalue weighted by molar-refractivity contribution is 0.128. The fraction of sp³-hybridized carbons (Fsp3) is 0.190. The zero-order valence-electron chi connectivity index (χ0n) is 16.4. The lowest BCUT2D eigenvalue weighted by Gasteiger charge is -2.15. The van der Waals surface area contributed by atoms with Crippen molar-refractivity contribution in [3.63, 3.8) is 0 Å². The topological polar surface area (TPSA) is 101 Å². The molecule has 3 aromatic rings. The van der Waals surface area contributed by atoms with Crippen LogP contribution in [0.3, 0.4) is 0 Å². The van der Waals surface area contributed by atoms with E-state index in [2.05, 4.69) is 30.7 Å². The van der Waals surface area contributed by atoms with E-state index in [9.17, 15) is 9.90 Å². The van der Waals surface area contributed by atoms with Gasteiger partial charge in [-0.05, 0) is 26.0 Å². The Morgan fingerprint density at radius 3 is 2.67 bits per heavy atom. The molecule has 152 valence electrons. The number of anilines is 1. The van der Waals surface area contributed by atoms with Gasteiger partial charge in [0.15, 0.2) is 6.61 Å². The highest BCUT2D eigenvalue weighted by molar-refractivity contribution is 6.99. The number of carboxylic acid groups (broad SMARTS) is 1. The molecule has 3 rings (SSSR count). The number of carbonyl (C=O) groups is 1. The Balaban J connectivity index is 1.81. The van der Waals surface area contributed by atoms with E-state index in [0.29, 0.717) is 17.1 Å². The van der Waals surface area contributed by atoms with E-state index in [1.54, 1.807) is 25.1 Å². The minimum atomic E-state index is -1.13. The van der Waals surface area contributed by atoms with Gasteiger partial charge in [0.05, 0.1) is 29.7 Å². The van der Waals surface area contributed by atoms with Gasteiger partial charge >= 0.3 is 6.09 Å². The molecule has 0 saturated carbocycles. The molecular weight excluding hydrogens is 402 g/mol. The monoisotopic (exact) mass is 421 g/mol. The molecule has 1 N–H and O–H groups in total. The molecule has 0 atom stereocenters. The molecule has 2 aromatic heterocycles. The van der Waals surface area contributed by atoms with Crippen LogP contribution in [0.15, 0.2) is 53.7 Å². The molecule has 0 bridgehead atoms. The van der Waals surface area contributed by atoms with Crippen LogP contribution in [-0.2, 0) is 11.4 Å². The fourth-order valence-corrected chi connectivity index (χ4v) is 3.09. The van der Waals surface area contributed by atoms with Crippen molar-refractivity contribution in [3.8, 4) is 11.8 Å². The van der Waals surface area contributed by atoms with Gasteiger partial charge in [-0.1, -0.05) is 47.5 Å². The average Bonchev–Trinajstić information content (AvgIpc) is 3.18. The van der Waals surface area contributed by atoms with E-state index in [4.69, 9.17) is 4.84 Å². The first-order chi connectivity index (χ1) is 14.6. The van der Waals surface area contributed by atoms with Crippen LogP contribution < -0.4 is 4.90 Å². The SMILES string of the molecule is CC#CCN(C(=O)O)c1cccc(CO/N=C(/c2ccccc2)c2nsnc2C)n1. The second-order valence-corrected chi connectivity index (χ2v) is 6.59. The molecule has 0 aliphatic heterocycles. The summed E-state index contributed by atoms with van der Waals surface area (Å²) in [5, 5.41) is 13.7. The minimum absolute atomic E-state index is 0.0373. The maximum absolute atomic E-state index is 11.5. The van der Waals surface area contributed by atoms with Gasteiger partial charge < -0.3 is 9.94 Å². The Bertz CT molecular complexity index is 1100. The molecular formula is C21H19N5O3S. The van der Waals surface area contributed by atoms with E-state index in [0.717, 1.165) is 27.9 Å². The standard InChI is InChI=1S/C21H19N5O3S/c1-3-4-13-26(21(27)28)18-12-8-11-17(22-18)14-29-23-20(16-9-6-5-7-10-16)19-15(2)24-30-25-19/h5-12H,13-14H2,1-2H3,(H,27,28)/b23-20-. The van der Waals surface area contributed by atoms with Crippen molar-refractivity contribution in [2.24, 2.45) is 5.16 Å². The third kappa shape index (κ3) is 5.18. The molecule has 1 amide bonds. The van der Waals surface area contributed by atoms with Crippen LogP contribution in [-0.4, -0.2) is 37.2 Å². The van der Waals surface area contributed by atoms with Crippen molar-refractivity contribution >= 4 is 29.4 Å². The van der Waals surface area contributed by atoms with Crippen LogP contribution in [0.1, 0.15) is 29.6 Å². The Labute approximate surface area is 178 Å². The molecule has 0 aliphatic rings. The highest BCUT2D eigenvalue weighted by Gasteiger charge is 2.16. The van der Waals surface area contributed by atoms with Gasteiger partial charge in [-0.3, -0.25) is 0 Å². The Kier molecular flexibility index (Phi) is 7.08. The van der Waals surface area contributed by atoms with Crippen LogP contribution in [0.4, 0.5) is 10.6 Å². The van der Waals surface area contributed by atoms with Crippen molar-refractivity contribution in [3.05, 3.63) is 71.2 Å². The third-order valence-corrected chi connectivity index (χ3v) is 4.63. The van der Waals surface area contributed by atoms with Crippen LogP contribution in [0.25, 0.3) is 0 Å². The fourth-order valence-electron chi connectivity index (χ4n) is 2.54. The van der Waals surface area contributed by atoms with Crippen LogP contribution in [0.5, 0.6) is 0 Å². The second kappa shape index (κ2) is 10.1. The van der Waals surface area contributed by atoms with Crippen molar-refractivity contribution in [2.45, 2.75) is 20.5 Å². The number of hydrogen-bond donors (Lipinski definition) is 1. The Morgan fingerprint density at radius 2 is 2.00 bits per heavy atom. The number of hydrogen-bond acceptors (Lipinski definition) is 7.